The first-order valence-electron chi connectivity index (χ1n) is 6.93. The molecule has 0 fully saturated rings. The number of carbonyl (C=O) groups is 1. The fraction of sp³-hybridized carbons (Fsp3) is 0. The Balaban J connectivity index is 1.94. The number of nitrogens with zero attached hydrogens (tertiary/aromatic N) is 1. The zero-order chi connectivity index (χ0) is 18.0. The number of nitrogens with one attached hydrogen (secondary N) is 1. The molecule has 0 aliphatic heterocycles. The van der Waals surface area contributed by atoms with Gasteiger partial charge in [-0.05, 0) is 18.2 Å². The lowest BCUT2D eigenvalue weighted by Gasteiger charge is -2.09. The molecular formula is C16H11FN2O4S2. The summed E-state index contributed by atoms with van der Waals surface area (Å²) in [5.41, 5.74) is 0.0483. The van der Waals surface area contributed by atoms with Crippen LogP contribution in [0.25, 0.3) is 10.6 Å². The van der Waals surface area contributed by atoms with E-state index in [0.29, 0.717) is 5.01 Å². The van der Waals surface area contributed by atoms with Crippen LogP contribution in [0, 0.1) is 5.82 Å². The predicted octanol–water partition coefficient (Wildman–Crippen LogP) is 3.45. The molecule has 0 saturated carbocycles. The molecule has 25 heavy (non-hydrogen) atoms. The Bertz CT molecular complexity index is 1030. The first kappa shape index (κ1) is 17.1. The maximum absolute atomic E-state index is 13.2. The molecule has 128 valence electrons. The number of anilines is 1. The third kappa shape index (κ3) is 3.67. The average molecular weight is 378 g/mol. The van der Waals surface area contributed by atoms with Gasteiger partial charge in [0.25, 0.3) is 10.0 Å². The molecule has 0 spiro atoms. The van der Waals surface area contributed by atoms with E-state index in [1.54, 1.807) is 24.3 Å². The number of benzene rings is 2. The Morgan fingerprint density at radius 2 is 1.88 bits per heavy atom. The molecule has 0 saturated heterocycles. The number of carboxylic acids is 1. The highest BCUT2D eigenvalue weighted by Crippen LogP contribution is 2.27. The summed E-state index contributed by atoms with van der Waals surface area (Å²) >= 11 is 1.15. The third-order valence-corrected chi connectivity index (χ3v) is 5.52. The first-order valence-corrected chi connectivity index (χ1v) is 9.30. The number of carboxylic acid groups (broad SMARTS) is 1. The lowest BCUT2D eigenvalue weighted by Crippen LogP contribution is -2.16. The number of hydrogen-bond acceptors (Lipinski definition) is 5. The van der Waals surface area contributed by atoms with Crippen LogP contribution < -0.4 is 4.72 Å². The zero-order valence-corrected chi connectivity index (χ0v) is 14.1. The minimum Gasteiger partial charge on any atom is -0.478 e. The highest BCUT2D eigenvalue weighted by atomic mass is 32.2. The quantitative estimate of drug-likeness (QED) is 0.709. The molecule has 0 atom stereocenters. The van der Waals surface area contributed by atoms with Gasteiger partial charge in [0.1, 0.15) is 10.8 Å². The molecule has 1 aromatic heterocycles. The Kier molecular flexibility index (Phi) is 4.51. The maximum atomic E-state index is 13.2. The molecule has 6 nitrogen and oxygen atoms in total. The van der Waals surface area contributed by atoms with E-state index in [2.05, 4.69) is 9.71 Å². The van der Waals surface area contributed by atoms with E-state index in [-0.39, 0.29) is 10.7 Å². The lowest BCUT2D eigenvalue weighted by atomic mass is 10.2. The molecule has 0 amide bonds. The van der Waals surface area contributed by atoms with Gasteiger partial charge in [0, 0.05) is 10.9 Å². The lowest BCUT2D eigenvalue weighted by molar-refractivity contribution is 0.0697. The van der Waals surface area contributed by atoms with Crippen LogP contribution in [0.3, 0.4) is 0 Å². The summed E-state index contributed by atoms with van der Waals surface area (Å²) in [6, 6.07) is 11.8. The summed E-state index contributed by atoms with van der Waals surface area (Å²) in [7, 11) is -4.11. The van der Waals surface area contributed by atoms with Crippen LogP contribution in [0.4, 0.5) is 10.1 Å². The van der Waals surface area contributed by atoms with Gasteiger partial charge in [-0.1, -0.05) is 30.3 Å². The molecule has 3 rings (SSSR count). The molecule has 0 bridgehead atoms. The highest BCUT2D eigenvalue weighted by Gasteiger charge is 2.22. The van der Waals surface area contributed by atoms with Crippen LogP contribution in [0.5, 0.6) is 0 Å². The second kappa shape index (κ2) is 6.61. The van der Waals surface area contributed by atoms with Crippen molar-refractivity contribution in [3.63, 3.8) is 0 Å². The van der Waals surface area contributed by atoms with Crippen molar-refractivity contribution in [2.45, 2.75) is 5.03 Å². The van der Waals surface area contributed by atoms with Gasteiger partial charge in [-0.3, -0.25) is 4.72 Å². The van der Waals surface area contributed by atoms with Gasteiger partial charge in [-0.25, -0.2) is 14.2 Å². The fourth-order valence-corrected chi connectivity index (χ4v) is 4.26. The molecule has 3 aromatic rings. The van der Waals surface area contributed by atoms with Crippen molar-refractivity contribution in [3.05, 3.63) is 65.3 Å². The van der Waals surface area contributed by atoms with Crippen LogP contribution in [0.2, 0.25) is 0 Å². The Labute approximate surface area is 146 Å². The predicted molar refractivity (Wildman–Crippen MR) is 91.7 cm³/mol. The van der Waals surface area contributed by atoms with Crippen LogP contribution in [-0.4, -0.2) is 24.5 Å². The van der Waals surface area contributed by atoms with Crippen LogP contribution in [0.1, 0.15) is 10.4 Å². The van der Waals surface area contributed by atoms with E-state index in [0.717, 1.165) is 35.1 Å². The summed E-state index contributed by atoms with van der Waals surface area (Å²) in [5.74, 6) is -2.22. The van der Waals surface area contributed by atoms with Crippen molar-refractivity contribution in [1.29, 1.82) is 0 Å². The number of thiazole rings is 1. The molecule has 2 N–H and O–H groups in total. The third-order valence-electron chi connectivity index (χ3n) is 3.24. The molecule has 0 unspecified atom stereocenters. The SMILES string of the molecule is O=C(O)c1cc(F)ccc1NS(=O)(=O)c1csc(-c2ccccc2)n1. The smallest absolute Gasteiger partial charge is 0.337 e. The van der Waals surface area contributed by atoms with Crippen molar-refractivity contribution in [1.82, 2.24) is 4.98 Å². The van der Waals surface area contributed by atoms with Crippen LogP contribution >= 0.6 is 11.3 Å². The monoisotopic (exact) mass is 378 g/mol. The first-order chi connectivity index (χ1) is 11.9. The van der Waals surface area contributed by atoms with Gasteiger partial charge < -0.3 is 5.11 Å². The molecule has 2 aromatic carbocycles. The molecule has 0 aliphatic rings. The van der Waals surface area contributed by atoms with E-state index in [1.165, 1.54) is 5.38 Å². The molecule has 0 aliphatic carbocycles. The Hall–Kier alpha value is -2.78. The Morgan fingerprint density at radius 1 is 1.16 bits per heavy atom. The van der Waals surface area contributed by atoms with Gasteiger partial charge in [0.05, 0.1) is 11.3 Å². The molecule has 0 radical (unpaired) electrons. The number of aromatic nitrogens is 1. The zero-order valence-electron chi connectivity index (χ0n) is 12.5. The summed E-state index contributed by atoms with van der Waals surface area (Å²) in [5, 5.41) is 10.7. The van der Waals surface area contributed by atoms with Gasteiger partial charge in [-0.2, -0.15) is 8.42 Å². The minimum atomic E-state index is -4.11. The van der Waals surface area contributed by atoms with Crippen molar-refractivity contribution in [2.24, 2.45) is 0 Å². The van der Waals surface area contributed by atoms with E-state index < -0.39 is 27.4 Å². The summed E-state index contributed by atoms with van der Waals surface area (Å²) < 4.78 is 40.3. The number of sulfonamides is 1. The van der Waals surface area contributed by atoms with Crippen molar-refractivity contribution >= 4 is 33.0 Å². The number of hydrogen-bond donors (Lipinski definition) is 2. The van der Waals surface area contributed by atoms with E-state index in [9.17, 15) is 17.6 Å². The van der Waals surface area contributed by atoms with E-state index in [1.807, 2.05) is 6.07 Å². The van der Waals surface area contributed by atoms with Crippen molar-refractivity contribution in [3.8, 4) is 10.6 Å². The van der Waals surface area contributed by atoms with Crippen molar-refractivity contribution in [2.75, 3.05) is 4.72 Å². The van der Waals surface area contributed by atoms with Crippen LogP contribution in [0.15, 0.2) is 58.9 Å². The number of aromatic carboxylic acids is 1. The average Bonchev–Trinajstić information content (AvgIpc) is 3.08. The minimum absolute atomic E-state index is 0.233. The summed E-state index contributed by atoms with van der Waals surface area (Å²) in [6.07, 6.45) is 0. The van der Waals surface area contributed by atoms with E-state index >= 15 is 0 Å². The largest absolute Gasteiger partial charge is 0.478 e. The second-order valence-corrected chi connectivity index (χ2v) is 7.44. The molecule has 1 heterocycles. The maximum Gasteiger partial charge on any atom is 0.337 e. The molecular weight excluding hydrogens is 367 g/mol. The fourth-order valence-electron chi connectivity index (χ4n) is 2.08. The highest BCUT2D eigenvalue weighted by molar-refractivity contribution is 7.92. The summed E-state index contributed by atoms with van der Waals surface area (Å²) in [6.45, 7) is 0. The van der Waals surface area contributed by atoms with Crippen LogP contribution in [-0.2, 0) is 10.0 Å². The van der Waals surface area contributed by atoms with Gasteiger partial charge >= 0.3 is 5.97 Å². The normalized spacial score (nSPS) is 11.2. The summed E-state index contributed by atoms with van der Waals surface area (Å²) in [4.78, 5) is 15.3. The van der Waals surface area contributed by atoms with Crippen molar-refractivity contribution < 1.29 is 22.7 Å². The van der Waals surface area contributed by atoms with Gasteiger partial charge in [0.2, 0.25) is 0 Å². The van der Waals surface area contributed by atoms with E-state index in [4.69, 9.17) is 5.11 Å². The van der Waals surface area contributed by atoms with Gasteiger partial charge in [-0.15, -0.1) is 11.3 Å². The second-order valence-electron chi connectivity index (χ2n) is 4.96. The standard InChI is InChI=1S/C16H11FN2O4S2/c17-11-6-7-13(12(8-11)16(20)21)19-25(22,23)14-9-24-15(18-14)10-4-2-1-3-5-10/h1-9,19H,(H,20,21). The molecule has 9 heteroatoms. The topological polar surface area (TPSA) is 96.4 Å². The number of rotatable bonds is 5. The Morgan fingerprint density at radius 3 is 2.56 bits per heavy atom. The van der Waals surface area contributed by atoms with Gasteiger partial charge in [0.15, 0.2) is 5.03 Å². The number of halogens is 1.